The number of methoxy groups -OCH3 is 2. The molecule has 0 aliphatic carbocycles. The molecule has 0 N–H and O–H groups in total. The van der Waals surface area contributed by atoms with Crippen molar-refractivity contribution in [2.75, 3.05) is 14.2 Å². The van der Waals surface area contributed by atoms with Crippen LogP contribution < -0.4 is 14.2 Å². The first-order valence-corrected chi connectivity index (χ1v) is 10.7. The summed E-state index contributed by atoms with van der Waals surface area (Å²) in [6, 6.07) is 11.3. The number of hydrogen-bond acceptors (Lipinski definition) is 10. The highest BCUT2D eigenvalue weighted by Crippen LogP contribution is 2.32. The van der Waals surface area contributed by atoms with Crippen LogP contribution in [0.1, 0.15) is 22.9 Å². The number of benzene rings is 2. The minimum Gasteiger partial charge on any atom is -0.493 e. The van der Waals surface area contributed by atoms with E-state index in [4.69, 9.17) is 23.0 Å². The zero-order valence-electron chi connectivity index (χ0n) is 18.1. The number of aromatic nitrogens is 4. The third-order valence-corrected chi connectivity index (χ3v) is 5.51. The van der Waals surface area contributed by atoms with E-state index < -0.39 is 0 Å². The van der Waals surface area contributed by atoms with E-state index in [1.54, 1.807) is 26.4 Å². The van der Waals surface area contributed by atoms with Crippen LogP contribution in [-0.2, 0) is 12.4 Å². The molecule has 2 aromatic carbocycles. The molecule has 2 heterocycles. The van der Waals surface area contributed by atoms with Crippen LogP contribution in [-0.4, -0.2) is 34.6 Å². The van der Waals surface area contributed by atoms with Gasteiger partial charge in [0, 0.05) is 5.56 Å². The largest absolute Gasteiger partial charge is 0.493 e. The van der Waals surface area contributed by atoms with Crippen molar-refractivity contribution in [3.8, 4) is 28.7 Å². The fourth-order valence-electron chi connectivity index (χ4n) is 2.82. The van der Waals surface area contributed by atoms with Crippen LogP contribution in [0.2, 0.25) is 0 Å². The van der Waals surface area contributed by atoms with Crippen molar-refractivity contribution >= 4 is 11.8 Å². The quantitative estimate of drug-likeness (QED) is 0.332. The van der Waals surface area contributed by atoms with Gasteiger partial charge in [-0.1, -0.05) is 17.8 Å². The number of hydrogen-bond donors (Lipinski definition) is 0. The van der Waals surface area contributed by atoms with E-state index in [0.717, 1.165) is 16.9 Å². The molecule has 32 heavy (non-hydrogen) atoms. The van der Waals surface area contributed by atoms with Gasteiger partial charge in [0.2, 0.25) is 11.8 Å². The molecule has 0 unspecified atom stereocenters. The van der Waals surface area contributed by atoms with Crippen LogP contribution in [0.5, 0.6) is 17.2 Å². The molecule has 0 radical (unpaired) electrons. The average molecular weight is 455 g/mol. The Morgan fingerprint density at radius 2 is 1.62 bits per heavy atom. The number of ether oxygens (including phenoxy) is 3. The second kappa shape index (κ2) is 9.73. The summed E-state index contributed by atoms with van der Waals surface area (Å²) in [6.45, 7) is 4.29. The van der Waals surface area contributed by atoms with Gasteiger partial charge in [-0.05, 0) is 55.3 Å². The number of thioether (sulfide) groups is 1. The summed E-state index contributed by atoms with van der Waals surface area (Å²) in [5, 5.41) is 16.6. The van der Waals surface area contributed by atoms with Gasteiger partial charge in [-0.2, -0.15) is 0 Å². The standard InChI is InChI=1S/C22H22N4O5S/c1-13-5-7-16(9-14(13)2)29-11-19-23-26-22(31-19)32-12-20-24-25-21(30-20)15-6-8-17(27-3)18(10-15)28-4/h5-10H,11-12H2,1-4H3. The van der Waals surface area contributed by atoms with Crippen molar-refractivity contribution < 1.29 is 23.0 Å². The molecule has 4 aromatic rings. The van der Waals surface area contributed by atoms with Gasteiger partial charge in [-0.15, -0.1) is 20.4 Å². The number of aryl methyl sites for hydroxylation is 2. The summed E-state index contributed by atoms with van der Waals surface area (Å²) in [7, 11) is 3.15. The zero-order valence-corrected chi connectivity index (χ0v) is 18.9. The Bertz CT molecular complexity index is 1210. The van der Waals surface area contributed by atoms with Gasteiger partial charge >= 0.3 is 0 Å². The molecule has 0 amide bonds. The highest BCUT2D eigenvalue weighted by atomic mass is 32.2. The van der Waals surface area contributed by atoms with Crippen molar-refractivity contribution in [1.82, 2.24) is 20.4 Å². The molecule has 166 valence electrons. The highest BCUT2D eigenvalue weighted by molar-refractivity contribution is 7.98. The molecule has 9 nitrogen and oxygen atoms in total. The molecule has 0 fully saturated rings. The lowest BCUT2D eigenvalue weighted by Gasteiger charge is -2.07. The molecule has 0 spiro atoms. The molecule has 0 saturated carbocycles. The smallest absolute Gasteiger partial charge is 0.277 e. The van der Waals surface area contributed by atoms with E-state index in [1.807, 2.05) is 31.2 Å². The van der Waals surface area contributed by atoms with Crippen molar-refractivity contribution in [1.29, 1.82) is 0 Å². The van der Waals surface area contributed by atoms with Gasteiger partial charge in [0.25, 0.3) is 11.1 Å². The minimum atomic E-state index is 0.195. The second-order valence-electron chi connectivity index (χ2n) is 6.86. The van der Waals surface area contributed by atoms with Gasteiger partial charge in [-0.3, -0.25) is 0 Å². The summed E-state index contributed by atoms with van der Waals surface area (Å²) in [5.41, 5.74) is 3.11. The maximum absolute atomic E-state index is 5.74. The summed E-state index contributed by atoms with van der Waals surface area (Å²) in [6.07, 6.45) is 0. The fourth-order valence-corrected chi connectivity index (χ4v) is 3.44. The second-order valence-corrected chi connectivity index (χ2v) is 7.78. The first-order valence-electron chi connectivity index (χ1n) is 9.75. The summed E-state index contributed by atoms with van der Waals surface area (Å²) in [4.78, 5) is 0. The molecule has 4 rings (SSSR count). The van der Waals surface area contributed by atoms with Crippen LogP contribution in [0.25, 0.3) is 11.5 Å². The number of nitrogens with zero attached hydrogens (tertiary/aromatic N) is 4. The molecular formula is C22H22N4O5S. The van der Waals surface area contributed by atoms with Gasteiger partial charge in [0.15, 0.2) is 18.1 Å². The molecule has 0 saturated heterocycles. The van der Waals surface area contributed by atoms with Crippen molar-refractivity contribution in [2.45, 2.75) is 31.4 Å². The summed E-state index contributed by atoms with van der Waals surface area (Å²) < 4.78 is 27.7. The van der Waals surface area contributed by atoms with Crippen molar-refractivity contribution in [2.24, 2.45) is 0 Å². The van der Waals surface area contributed by atoms with Gasteiger partial charge in [0.05, 0.1) is 20.0 Å². The molecule has 0 atom stereocenters. The van der Waals surface area contributed by atoms with E-state index in [0.29, 0.717) is 40.1 Å². The zero-order chi connectivity index (χ0) is 22.5. The van der Waals surface area contributed by atoms with Crippen LogP contribution in [0.4, 0.5) is 0 Å². The average Bonchev–Trinajstić information content (AvgIpc) is 3.47. The Labute approximate surface area is 189 Å². The summed E-state index contributed by atoms with van der Waals surface area (Å²) >= 11 is 1.31. The minimum absolute atomic E-state index is 0.195. The third-order valence-electron chi connectivity index (χ3n) is 4.71. The van der Waals surface area contributed by atoms with Crippen LogP contribution >= 0.6 is 11.8 Å². The highest BCUT2D eigenvalue weighted by Gasteiger charge is 2.14. The predicted octanol–water partition coefficient (Wildman–Crippen LogP) is 4.62. The molecule has 10 heteroatoms. The normalized spacial score (nSPS) is 10.9. The Morgan fingerprint density at radius 1 is 0.812 bits per heavy atom. The molecule has 2 aromatic heterocycles. The molecular weight excluding hydrogens is 432 g/mol. The maximum Gasteiger partial charge on any atom is 0.277 e. The molecule has 0 aliphatic rings. The Balaban J connectivity index is 1.33. The van der Waals surface area contributed by atoms with Crippen molar-refractivity contribution in [3.63, 3.8) is 0 Å². The van der Waals surface area contributed by atoms with Gasteiger partial charge < -0.3 is 23.0 Å². The van der Waals surface area contributed by atoms with E-state index in [-0.39, 0.29) is 6.61 Å². The lowest BCUT2D eigenvalue weighted by atomic mass is 10.1. The Kier molecular flexibility index (Phi) is 6.60. The fraction of sp³-hybridized carbons (Fsp3) is 0.273. The first kappa shape index (κ1) is 21.7. The SMILES string of the molecule is COc1ccc(-c2nnc(CSc3nnc(COc4ccc(C)c(C)c4)o3)o2)cc1OC. The lowest BCUT2D eigenvalue weighted by molar-refractivity contribution is 0.252. The van der Waals surface area contributed by atoms with E-state index >= 15 is 0 Å². The number of rotatable bonds is 9. The molecule has 0 bridgehead atoms. The summed E-state index contributed by atoms with van der Waals surface area (Å²) in [5.74, 6) is 3.57. The lowest BCUT2D eigenvalue weighted by Crippen LogP contribution is -1.96. The van der Waals surface area contributed by atoms with E-state index in [1.165, 1.54) is 17.3 Å². The van der Waals surface area contributed by atoms with E-state index in [9.17, 15) is 0 Å². The predicted molar refractivity (Wildman–Crippen MR) is 117 cm³/mol. The maximum atomic E-state index is 5.74. The van der Waals surface area contributed by atoms with Crippen LogP contribution in [0.3, 0.4) is 0 Å². The Morgan fingerprint density at radius 3 is 2.41 bits per heavy atom. The first-order chi connectivity index (χ1) is 15.6. The van der Waals surface area contributed by atoms with Gasteiger partial charge in [0.1, 0.15) is 5.75 Å². The monoisotopic (exact) mass is 454 g/mol. The topological polar surface area (TPSA) is 106 Å². The van der Waals surface area contributed by atoms with Crippen LogP contribution in [0, 0.1) is 13.8 Å². The van der Waals surface area contributed by atoms with Crippen molar-refractivity contribution in [3.05, 3.63) is 59.3 Å². The van der Waals surface area contributed by atoms with E-state index in [2.05, 4.69) is 27.3 Å². The van der Waals surface area contributed by atoms with Gasteiger partial charge in [-0.25, -0.2) is 0 Å². The Hall–Kier alpha value is -3.53. The molecule has 0 aliphatic heterocycles. The third kappa shape index (κ3) is 5.02. The van der Waals surface area contributed by atoms with Crippen LogP contribution in [0.15, 0.2) is 50.5 Å².